The highest BCUT2D eigenvalue weighted by molar-refractivity contribution is 7.99. The smallest absolute Gasteiger partial charge is 0.238 e. The summed E-state index contributed by atoms with van der Waals surface area (Å²) in [4.78, 5) is 28.7. The van der Waals surface area contributed by atoms with Crippen molar-refractivity contribution in [3.8, 4) is 0 Å². The average molecular weight is 402 g/mol. The minimum absolute atomic E-state index is 0.00817. The Kier molecular flexibility index (Phi) is 7.17. The van der Waals surface area contributed by atoms with E-state index >= 15 is 0 Å². The van der Waals surface area contributed by atoms with Crippen molar-refractivity contribution in [1.29, 1.82) is 0 Å². The van der Waals surface area contributed by atoms with Gasteiger partial charge in [-0.05, 0) is 37.1 Å². The number of carbonyl (C=O) groups excluding carboxylic acids is 2. The fraction of sp³-hybridized carbons (Fsp3) is 0.429. The third-order valence-electron chi connectivity index (χ3n) is 4.89. The van der Waals surface area contributed by atoms with Crippen molar-refractivity contribution in [2.75, 3.05) is 43.8 Å². The summed E-state index contributed by atoms with van der Waals surface area (Å²) in [6.07, 6.45) is 1.65. The number of hydrogen-bond donors (Lipinski definition) is 1. The van der Waals surface area contributed by atoms with Gasteiger partial charge in [0.05, 0.1) is 24.3 Å². The molecule has 2 amide bonds. The first-order valence-corrected chi connectivity index (χ1v) is 10.6. The third-order valence-corrected chi connectivity index (χ3v) is 5.83. The van der Waals surface area contributed by atoms with E-state index in [-0.39, 0.29) is 11.8 Å². The molecule has 0 radical (unpaired) electrons. The highest BCUT2D eigenvalue weighted by Crippen LogP contribution is 2.19. The SMILES string of the molecule is Cc1cccc(C)c1NC(=O)CN1CCN(C(=O)CSCc2ccco2)CC1. The van der Waals surface area contributed by atoms with Gasteiger partial charge in [-0.2, -0.15) is 0 Å². The fourth-order valence-electron chi connectivity index (χ4n) is 3.27. The summed E-state index contributed by atoms with van der Waals surface area (Å²) in [5.41, 5.74) is 3.03. The number of nitrogens with one attached hydrogen (secondary N) is 1. The molecule has 0 spiro atoms. The Labute approximate surface area is 170 Å². The lowest BCUT2D eigenvalue weighted by Gasteiger charge is -2.34. The van der Waals surface area contributed by atoms with Crippen LogP contribution in [0.25, 0.3) is 0 Å². The zero-order valence-corrected chi connectivity index (χ0v) is 17.3. The molecule has 1 aromatic heterocycles. The first-order chi connectivity index (χ1) is 13.5. The van der Waals surface area contributed by atoms with Gasteiger partial charge in [0.15, 0.2) is 0 Å². The van der Waals surface area contributed by atoms with Crippen molar-refractivity contribution >= 4 is 29.3 Å². The molecule has 2 heterocycles. The molecule has 1 aliphatic heterocycles. The van der Waals surface area contributed by atoms with Crippen molar-refractivity contribution in [2.24, 2.45) is 0 Å². The number of rotatable bonds is 7. The summed E-state index contributed by atoms with van der Waals surface area (Å²) in [7, 11) is 0. The highest BCUT2D eigenvalue weighted by Gasteiger charge is 2.22. The minimum Gasteiger partial charge on any atom is -0.468 e. The molecular weight excluding hydrogens is 374 g/mol. The second-order valence-corrected chi connectivity index (χ2v) is 8.03. The second-order valence-electron chi connectivity index (χ2n) is 7.04. The Hall–Kier alpha value is -2.25. The summed E-state index contributed by atoms with van der Waals surface area (Å²) in [5.74, 6) is 2.19. The molecule has 0 bridgehead atoms. The van der Waals surface area contributed by atoms with Crippen molar-refractivity contribution in [3.63, 3.8) is 0 Å². The molecule has 6 nitrogen and oxygen atoms in total. The number of furan rings is 1. The first kappa shape index (κ1) is 20.5. The number of amides is 2. The maximum absolute atomic E-state index is 12.4. The Morgan fingerprint density at radius 1 is 1.07 bits per heavy atom. The lowest BCUT2D eigenvalue weighted by atomic mass is 10.1. The molecule has 150 valence electrons. The number of benzene rings is 1. The number of para-hydroxylation sites is 1. The van der Waals surface area contributed by atoms with Crippen LogP contribution in [0.1, 0.15) is 16.9 Å². The van der Waals surface area contributed by atoms with Crippen LogP contribution in [0.4, 0.5) is 5.69 Å². The molecule has 1 aliphatic rings. The number of nitrogens with zero attached hydrogens (tertiary/aromatic N) is 2. The van der Waals surface area contributed by atoms with Crippen molar-refractivity contribution in [1.82, 2.24) is 9.80 Å². The van der Waals surface area contributed by atoms with Crippen molar-refractivity contribution in [2.45, 2.75) is 19.6 Å². The monoisotopic (exact) mass is 401 g/mol. The molecule has 1 fully saturated rings. The third kappa shape index (κ3) is 5.62. The van der Waals surface area contributed by atoms with E-state index in [9.17, 15) is 9.59 Å². The molecule has 0 saturated carbocycles. The first-order valence-electron chi connectivity index (χ1n) is 9.49. The quantitative estimate of drug-likeness (QED) is 0.773. The van der Waals surface area contributed by atoms with E-state index in [1.165, 1.54) is 0 Å². The van der Waals surface area contributed by atoms with Crippen LogP contribution in [0.5, 0.6) is 0 Å². The zero-order chi connectivity index (χ0) is 19.9. The van der Waals surface area contributed by atoms with Crippen LogP contribution in [0.15, 0.2) is 41.0 Å². The molecule has 0 atom stereocenters. The normalized spacial score (nSPS) is 14.9. The van der Waals surface area contributed by atoms with Crippen LogP contribution >= 0.6 is 11.8 Å². The van der Waals surface area contributed by atoms with E-state index in [4.69, 9.17) is 4.42 Å². The Balaban J connectivity index is 1.38. The van der Waals surface area contributed by atoms with Gasteiger partial charge >= 0.3 is 0 Å². The molecule has 0 aliphatic carbocycles. The summed E-state index contributed by atoms with van der Waals surface area (Å²) in [5, 5.41) is 3.03. The summed E-state index contributed by atoms with van der Waals surface area (Å²) in [6, 6.07) is 9.75. The van der Waals surface area contributed by atoms with E-state index < -0.39 is 0 Å². The van der Waals surface area contributed by atoms with Crippen LogP contribution in [0.2, 0.25) is 0 Å². The average Bonchev–Trinajstić information content (AvgIpc) is 3.19. The molecule has 3 rings (SSSR count). The van der Waals surface area contributed by atoms with E-state index in [1.54, 1.807) is 18.0 Å². The summed E-state index contributed by atoms with van der Waals surface area (Å²) >= 11 is 1.57. The number of hydrogen-bond acceptors (Lipinski definition) is 5. The van der Waals surface area contributed by atoms with Crippen LogP contribution in [-0.2, 0) is 15.3 Å². The van der Waals surface area contributed by atoms with Crippen molar-refractivity contribution < 1.29 is 14.0 Å². The molecule has 7 heteroatoms. The predicted molar refractivity (Wildman–Crippen MR) is 112 cm³/mol. The zero-order valence-electron chi connectivity index (χ0n) is 16.4. The molecule has 1 aromatic carbocycles. The Morgan fingerprint density at radius 3 is 2.43 bits per heavy atom. The Morgan fingerprint density at radius 2 is 1.79 bits per heavy atom. The predicted octanol–water partition coefficient (Wildman–Crippen LogP) is 2.91. The van der Waals surface area contributed by atoms with E-state index in [1.807, 2.05) is 49.1 Å². The lowest BCUT2D eigenvalue weighted by Crippen LogP contribution is -2.50. The van der Waals surface area contributed by atoms with Gasteiger partial charge in [0, 0.05) is 31.9 Å². The van der Waals surface area contributed by atoms with Crippen LogP contribution in [0.3, 0.4) is 0 Å². The lowest BCUT2D eigenvalue weighted by molar-refractivity contribution is -0.130. The number of anilines is 1. The van der Waals surface area contributed by atoms with Gasteiger partial charge < -0.3 is 14.6 Å². The summed E-state index contributed by atoms with van der Waals surface area (Å²) < 4.78 is 5.28. The second kappa shape index (κ2) is 9.80. The fourth-order valence-corrected chi connectivity index (χ4v) is 4.10. The summed E-state index contributed by atoms with van der Waals surface area (Å²) in [6.45, 7) is 7.11. The molecule has 1 N–H and O–H groups in total. The molecule has 0 unspecified atom stereocenters. The van der Waals surface area contributed by atoms with Crippen LogP contribution in [0, 0.1) is 13.8 Å². The number of thioether (sulfide) groups is 1. The van der Waals surface area contributed by atoms with E-state index in [0.717, 1.165) is 35.7 Å². The van der Waals surface area contributed by atoms with Gasteiger partial charge in [0.2, 0.25) is 11.8 Å². The number of aryl methyl sites for hydroxylation is 2. The highest BCUT2D eigenvalue weighted by atomic mass is 32.2. The standard InChI is InChI=1S/C21H27N3O3S/c1-16-5-3-6-17(2)21(16)22-19(25)13-23-8-10-24(11-9-23)20(26)15-28-14-18-7-4-12-27-18/h3-7,12H,8-11,13-15H2,1-2H3,(H,22,25). The van der Waals surface area contributed by atoms with Crippen LogP contribution < -0.4 is 5.32 Å². The molecule has 2 aromatic rings. The van der Waals surface area contributed by atoms with Gasteiger partial charge in [-0.15, -0.1) is 11.8 Å². The maximum atomic E-state index is 12.4. The van der Waals surface area contributed by atoms with E-state index in [2.05, 4.69) is 10.2 Å². The topological polar surface area (TPSA) is 65.8 Å². The minimum atomic E-state index is -0.00817. The van der Waals surface area contributed by atoms with Gasteiger partial charge in [-0.1, -0.05) is 18.2 Å². The molecule has 28 heavy (non-hydrogen) atoms. The van der Waals surface area contributed by atoms with Gasteiger partial charge in [0.1, 0.15) is 5.76 Å². The number of piperazine rings is 1. The molecule has 1 saturated heterocycles. The Bertz CT molecular complexity index is 779. The van der Waals surface area contributed by atoms with Gasteiger partial charge in [0.25, 0.3) is 0 Å². The van der Waals surface area contributed by atoms with E-state index in [0.29, 0.717) is 31.1 Å². The molecular formula is C21H27N3O3S. The number of carbonyl (C=O) groups is 2. The maximum Gasteiger partial charge on any atom is 0.238 e. The van der Waals surface area contributed by atoms with Gasteiger partial charge in [-0.25, -0.2) is 0 Å². The van der Waals surface area contributed by atoms with Crippen molar-refractivity contribution in [3.05, 3.63) is 53.5 Å². The van der Waals surface area contributed by atoms with Gasteiger partial charge in [-0.3, -0.25) is 14.5 Å². The largest absolute Gasteiger partial charge is 0.468 e. The van der Waals surface area contributed by atoms with Crippen LogP contribution in [-0.4, -0.2) is 60.1 Å².